The third-order valence-corrected chi connectivity index (χ3v) is 3.91. The van der Waals surface area contributed by atoms with Gasteiger partial charge in [-0.3, -0.25) is 4.99 Å². The van der Waals surface area contributed by atoms with Crippen molar-refractivity contribution in [2.75, 3.05) is 27.2 Å². The van der Waals surface area contributed by atoms with E-state index in [4.69, 9.17) is 0 Å². The zero-order valence-electron chi connectivity index (χ0n) is 15.0. The zero-order chi connectivity index (χ0) is 16.7. The van der Waals surface area contributed by atoms with E-state index in [0.717, 1.165) is 24.6 Å². The van der Waals surface area contributed by atoms with Crippen molar-refractivity contribution in [1.82, 2.24) is 15.5 Å². The number of likely N-dealkylation sites (N-methyl/N-ethyl adjacent to an activating group) is 1. The van der Waals surface area contributed by atoms with Gasteiger partial charge >= 0.3 is 0 Å². The van der Waals surface area contributed by atoms with E-state index < -0.39 is 0 Å². The van der Waals surface area contributed by atoms with Gasteiger partial charge in [0.15, 0.2) is 5.96 Å². The van der Waals surface area contributed by atoms with E-state index in [1.54, 1.807) is 26.1 Å². The van der Waals surface area contributed by atoms with Gasteiger partial charge in [-0.2, -0.15) is 0 Å². The van der Waals surface area contributed by atoms with E-state index in [-0.39, 0.29) is 35.8 Å². The lowest BCUT2D eigenvalue weighted by atomic mass is 10.1. The molecule has 0 saturated carbocycles. The summed E-state index contributed by atoms with van der Waals surface area (Å²) in [6.07, 6.45) is 0. The zero-order valence-corrected chi connectivity index (χ0v) is 17.3. The molecule has 0 heterocycles. The predicted octanol–water partition coefficient (Wildman–Crippen LogP) is 3.32. The third-order valence-electron chi connectivity index (χ3n) is 3.91. The molecule has 1 aromatic carbocycles. The second-order valence-electron chi connectivity index (χ2n) is 5.95. The average Bonchev–Trinajstić information content (AvgIpc) is 2.48. The van der Waals surface area contributed by atoms with E-state index >= 15 is 0 Å². The number of aliphatic imine (C=N–C) groups is 1. The van der Waals surface area contributed by atoms with Gasteiger partial charge in [-0.05, 0) is 51.9 Å². The molecule has 23 heavy (non-hydrogen) atoms. The average molecular weight is 436 g/mol. The van der Waals surface area contributed by atoms with Gasteiger partial charge in [0.2, 0.25) is 0 Å². The number of nitrogens with one attached hydrogen (secondary N) is 2. The van der Waals surface area contributed by atoms with E-state index in [2.05, 4.69) is 41.4 Å². The first-order valence-corrected chi connectivity index (χ1v) is 7.78. The number of aryl methyl sites for hydroxylation is 1. The standard InChI is InChI=1S/C17H29FN4.HI/c1-12(2)22(6)10-9-20-17(19-5)21-14(4)15-8-7-13(3)16(18)11-15;/h7-8,11-12,14H,9-10H2,1-6H3,(H2,19,20,21);1H. The normalized spacial score (nSPS) is 13.0. The maximum absolute atomic E-state index is 13.6. The lowest BCUT2D eigenvalue weighted by molar-refractivity contribution is 0.278. The van der Waals surface area contributed by atoms with Crippen molar-refractivity contribution in [1.29, 1.82) is 0 Å². The van der Waals surface area contributed by atoms with E-state index in [0.29, 0.717) is 11.6 Å². The maximum atomic E-state index is 13.6. The molecule has 0 radical (unpaired) electrons. The van der Waals surface area contributed by atoms with Crippen LogP contribution < -0.4 is 10.6 Å². The van der Waals surface area contributed by atoms with Gasteiger partial charge in [0.05, 0.1) is 6.04 Å². The fourth-order valence-electron chi connectivity index (χ4n) is 1.97. The van der Waals surface area contributed by atoms with Crippen molar-refractivity contribution in [3.8, 4) is 0 Å². The monoisotopic (exact) mass is 436 g/mol. The minimum absolute atomic E-state index is 0. The highest BCUT2D eigenvalue weighted by atomic mass is 127. The van der Waals surface area contributed by atoms with Crippen LogP contribution in [0.2, 0.25) is 0 Å². The Kier molecular flexibility index (Phi) is 10.4. The maximum Gasteiger partial charge on any atom is 0.191 e. The minimum Gasteiger partial charge on any atom is -0.355 e. The molecule has 4 nitrogen and oxygen atoms in total. The summed E-state index contributed by atoms with van der Waals surface area (Å²) >= 11 is 0. The molecule has 1 aromatic rings. The van der Waals surface area contributed by atoms with Crippen molar-refractivity contribution in [2.45, 2.75) is 39.8 Å². The SMILES string of the molecule is CN=C(NCCN(C)C(C)C)NC(C)c1ccc(C)c(F)c1.I. The van der Waals surface area contributed by atoms with Crippen LogP contribution in [-0.2, 0) is 0 Å². The lowest BCUT2D eigenvalue weighted by Gasteiger charge is -2.23. The second kappa shape index (κ2) is 10.8. The second-order valence-corrected chi connectivity index (χ2v) is 5.95. The Hall–Kier alpha value is -0.890. The molecule has 132 valence electrons. The summed E-state index contributed by atoms with van der Waals surface area (Å²) in [4.78, 5) is 6.48. The number of benzene rings is 1. The van der Waals surface area contributed by atoms with Crippen molar-refractivity contribution in [3.63, 3.8) is 0 Å². The smallest absolute Gasteiger partial charge is 0.191 e. The third kappa shape index (κ3) is 7.48. The van der Waals surface area contributed by atoms with Gasteiger partial charge in [-0.25, -0.2) is 4.39 Å². The van der Waals surface area contributed by atoms with Gasteiger partial charge in [0.1, 0.15) is 5.82 Å². The molecule has 0 aromatic heterocycles. The number of hydrogen-bond acceptors (Lipinski definition) is 2. The summed E-state index contributed by atoms with van der Waals surface area (Å²) in [5.74, 6) is 0.554. The molecule has 1 unspecified atom stereocenters. The van der Waals surface area contributed by atoms with Crippen molar-refractivity contribution in [2.24, 2.45) is 4.99 Å². The number of halogens is 2. The first kappa shape index (κ1) is 22.1. The molecule has 1 rings (SSSR count). The van der Waals surface area contributed by atoms with Crippen LogP contribution in [0.15, 0.2) is 23.2 Å². The molecule has 2 N–H and O–H groups in total. The molecule has 0 aliphatic rings. The summed E-state index contributed by atoms with van der Waals surface area (Å²) in [5.41, 5.74) is 1.57. The van der Waals surface area contributed by atoms with Crippen LogP contribution in [0.3, 0.4) is 0 Å². The highest BCUT2D eigenvalue weighted by Gasteiger charge is 2.10. The van der Waals surface area contributed by atoms with Crippen LogP contribution in [0.4, 0.5) is 4.39 Å². The van der Waals surface area contributed by atoms with E-state index in [9.17, 15) is 4.39 Å². The fraction of sp³-hybridized carbons (Fsp3) is 0.588. The molecule has 0 amide bonds. The van der Waals surface area contributed by atoms with Crippen LogP contribution in [0.25, 0.3) is 0 Å². The molecule has 0 aliphatic carbocycles. The molecule has 0 fully saturated rings. The Morgan fingerprint density at radius 3 is 2.48 bits per heavy atom. The quantitative estimate of drug-likeness (QED) is 0.409. The predicted molar refractivity (Wildman–Crippen MR) is 107 cm³/mol. The molecular formula is C17H30FIN4. The minimum atomic E-state index is -0.173. The molecular weight excluding hydrogens is 406 g/mol. The lowest BCUT2D eigenvalue weighted by Crippen LogP contribution is -2.42. The highest BCUT2D eigenvalue weighted by molar-refractivity contribution is 14.0. The van der Waals surface area contributed by atoms with Crippen LogP contribution in [0.5, 0.6) is 0 Å². The number of rotatable bonds is 6. The Labute approximate surface area is 157 Å². The number of hydrogen-bond donors (Lipinski definition) is 2. The Bertz CT molecular complexity index is 505. The summed E-state index contributed by atoms with van der Waals surface area (Å²) in [5, 5.41) is 6.57. The van der Waals surface area contributed by atoms with Gasteiger partial charge in [-0.15, -0.1) is 24.0 Å². The Morgan fingerprint density at radius 2 is 1.96 bits per heavy atom. The van der Waals surface area contributed by atoms with Crippen molar-refractivity contribution >= 4 is 29.9 Å². The van der Waals surface area contributed by atoms with Gasteiger partial charge < -0.3 is 15.5 Å². The summed E-state index contributed by atoms with van der Waals surface area (Å²) < 4.78 is 13.6. The van der Waals surface area contributed by atoms with Gasteiger partial charge in [-0.1, -0.05) is 12.1 Å². The summed E-state index contributed by atoms with van der Waals surface area (Å²) in [7, 11) is 3.84. The first-order chi connectivity index (χ1) is 10.3. The first-order valence-electron chi connectivity index (χ1n) is 7.78. The topological polar surface area (TPSA) is 39.7 Å². The van der Waals surface area contributed by atoms with Crippen molar-refractivity contribution < 1.29 is 4.39 Å². The molecule has 0 aliphatic heterocycles. The fourth-order valence-corrected chi connectivity index (χ4v) is 1.97. The van der Waals surface area contributed by atoms with Crippen LogP contribution in [-0.4, -0.2) is 44.1 Å². The largest absolute Gasteiger partial charge is 0.355 e. The molecule has 1 atom stereocenters. The van der Waals surface area contributed by atoms with Crippen LogP contribution >= 0.6 is 24.0 Å². The summed E-state index contributed by atoms with van der Waals surface area (Å²) in [6, 6.07) is 5.83. The van der Waals surface area contributed by atoms with Crippen LogP contribution in [0.1, 0.15) is 37.9 Å². The van der Waals surface area contributed by atoms with Crippen molar-refractivity contribution in [3.05, 3.63) is 35.1 Å². The Morgan fingerprint density at radius 1 is 1.30 bits per heavy atom. The number of nitrogens with zero attached hydrogens (tertiary/aromatic N) is 2. The highest BCUT2D eigenvalue weighted by Crippen LogP contribution is 2.16. The Balaban J connectivity index is 0.00000484. The van der Waals surface area contributed by atoms with Gasteiger partial charge in [0, 0.05) is 26.2 Å². The van der Waals surface area contributed by atoms with E-state index in [1.165, 1.54) is 0 Å². The van der Waals surface area contributed by atoms with Crippen LogP contribution in [0, 0.1) is 12.7 Å². The molecule has 0 bridgehead atoms. The molecule has 0 spiro atoms. The molecule has 6 heteroatoms. The number of guanidine groups is 1. The molecule has 0 saturated heterocycles. The summed E-state index contributed by atoms with van der Waals surface area (Å²) in [6.45, 7) is 9.84. The van der Waals surface area contributed by atoms with E-state index in [1.807, 2.05) is 13.0 Å². The van der Waals surface area contributed by atoms with Gasteiger partial charge in [0.25, 0.3) is 0 Å².